The van der Waals surface area contributed by atoms with Gasteiger partial charge in [0.2, 0.25) is 5.91 Å². The van der Waals surface area contributed by atoms with Crippen molar-refractivity contribution in [2.24, 2.45) is 17.4 Å². The van der Waals surface area contributed by atoms with Gasteiger partial charge in [-0.3, -0.25) is 4.79 Å². The van der Waals surface area contributed by atoms with E-state index in [9.17, 15) is 4.79 Å². The Hall–Kier alpha value is -1.55. The zero-order valence-corrected chi connectivity index (χ0v) is 8.77. The van der Waals surface area contributed by atoms with Gasteiger partial charge in [0.05, 0.1) is 12.5 Å². The van der Waals surface area contributed by atoms with Crippen LogP contribution in [0.15, 0.2) is 24.3 Å². The highest BCUT2D eigenvalue weighted by atomic mass is 16.5. The highest BCUT2D eigenvalue weighted by molar-refractivity contribution is 5.76. The van der Waals surface area contributed by atoms with Crippen LogP contribution in [0.5, 0.6) is 5.75 Å². The van der Waals surface area contributed by atoms with Crippen LogP contribution in [0.2, 0.25) is 0 Å². The van der Waals surface area contributed by atoms with Gasteiger partial charge in [0, 0.05) is 6.54 Å². The maximum Gasteiger partial charge on any atom is 0.223 e. The maximum absolute atomic E-state index is 10.7. The lowest BCUT2D eigenvalue weighted by molar-refractivity contribution is -0.122. The zero-order chi connectivity index (χ0) is 11.3. The zero-order valence-electron chi connectivity index (χ0n) is 8.77. The molecular formula is C11H16N2O2. The molecule has 0 heterocycles. The first-order valence-corrected chi connectivity index (χ1v) is 4.84. The minimum absolute atomic E-state index is 0.279. The van der Waals surface area contributed by atoms with Crippen molar-refractivity contribution in [2.45, 2.75) is 13.5 Å². The van der Waals surface area contributed by atoms with Crippen molar-refractivity contribution in [3.63, 3.8) is 0 Å². The van der Waals surface area contributed by atoms with Gasteiger partial charge >= 0.3 is 0 Å². The van der Waals surface area contributed by atoms with Crippen molar-refractivity contribution >= 4 is 5.91 Å². The molecule has 0 aliphatic heterocycles. The molecule has 1 unspecified atom stereocenters. The Morgan fingerprint density at radius 1 is 1.40 bits per heavy atom. The summed E-state index contributed by atoms with van der Waals surface area (Å²) in [7, 11) is 0. The van der Waals surface area contributed by atoms with Crippen LogP contribution < -0.4 is 16.2 Å². The fourth-order valence-corrected chi connectivity index (χ4v) is 1.03. The van der Waals surface area contributed by atoms with E-state index in [-0.39, 0.29) is 11.8 Å². The van der Waals surface area contributed by atoms with E-state index in [1.54, 1.807) is 6.92 Å². The monoisotopic (exact) mass is 208 g/mol. The molecule has 82 valence electrons. The lowest BCUT2D eigenvalue weighted by atomic mass is 10.2. The van der Waals surface area contributed by atoms with Gasteiger partial charge in [0.15, 0.2) is 0 Å². The molecule has 0 aliphatic rings. The maximum atomic E-state index is 10.7. The average Bonchev–Trinajstić information content (AvgIpc) is 2.26. The predicted molar refractivity (Wildman–Crippen MR) is 58.2 cm³/mol. The normalized spacial score (nSPS) is 12.1. The van der Waals surface area contributed by atoms with Crippen LogP contribution >= 0.6 is 0 Å². The van der Waals surface area contributed by atoms with Gasteiger partial charge in [-0.05, 0) is 17.7 Å². The molecular weight excluding hydrogens is 192 g/mol. The number of carbonyl (C=O) groups is 1. The molecule has 1 rings (SSSR count). The number of rotatable bonds is 5. The van der Waals surface area contributed by atoms with Gasteiger partial charge in [-0.1, -0.05) is 19.1 Å². The largest absolute Gasteiger partial charge is 0.493 e. The summed E-state index contributed by atoms with van der Waals surface area (Å²) >= 11 is 0. The number of amides is 1. The third-order valence-electron chi connectivity index (χ3n) is 2.14. The van der Waals surface area contributed by atoms with Crippen LogP contribution in [0.3, 0.4) is 0 Å². The molecule has 4 heteroatoms. The predicted octanol–water partition coefficient (Wildman–Crippen LogP) is 0.645. The average molecular weight is 208 g/mol. The summed E-state index contributed by atoms with van der Waals surface area (Å²) in [6.07, 6.45) is 0. The highest BCUT2D eigenvalue weighted by Gasteiger charge is 2.08. The molecule has 0 bridgehead atoms. The van der Waals surface area contributed by atoms with E-state index >= 15 is 0 Å². The Bertz CT molecular complexity index is 322. The Balaban J connectivity index is 2.47. The Morgan fingerprint density at radius 2 is 2.00 bits per heavy atom. The molecule has 1 atom stereocenters. The number of benzene rings is 1. The number of hydrogen-bond acceptors (Lipinski definition) is 3. The van der Waals surface area contributed by atoms with Crippen molar-refractivity contribution in [2.75, 3.05) is 6.61 Å². The summed E-state index contributed by atoms with van der Waals surface area (Å²) in [6, 6.07) is 7.44. The van der Waals surface area contributed by atoms with Crippen molar-refractivity contribution in [3.05, 3.63) is 29.8 Å². The van der Waals surface area contributed by atoms with E-state index in [4.69, 9.17) is 16.2 Å². The Morgan fingerprint density at radius 3 is 2.47 bits per heavy atom. The van der Waals surface area contributed by atoms with Gasteiger partial charge in [0.1, 0.15) is 5.75 Å². The summed E-state index contributed by atoms with van der Waals surface area (Å²) < 4.78 is 5.39. The van der Waals surface area contributed by atoms with Gasteiger partial charge in [0.25, 0.3) is 0 Å². The van der Waals surface area contributed by atoms with Crippen molar-refractivity contribution < 1.29 is 9.53 Å². The lowest BCUT2D eigenvalue weighted by Crippen LogP contribution is -2.25. The fraction of sp³-hybridized carbons (Fsp3) is 0.364. The highest BCUT2D eigenvalue weighted by Crippen LogP contribution is 2.12. The van der Waals surface area contributed by atoms with Crippen LogP contribution in [0.25, 0.3) is 0 Å². The van der Waals surface area contributed by atoms with E-state index < -0.39 is 0 Å². The van der Waals surface area contributed by atoms with E-state index in [1.807, 2.05) is 24.3 Å². The third kappa shape index (κ3) is 3.59. The Kier molecular flexibility index (Phi) is 4.12. The molecule has 1 amide bonds. The standard InChI is InChI=1S/C11H16N2O2/c1-8(11(13)14)7-15-10-4-2-9(6-12)3-5-10/h2-5,8H,6-7,12H2,1H3,(H2,13,14). The van der Waals surface area contributed by atoms with Crippen LogP contribution in [0.1, 0.15) is 12.5 Å². The minimum atomic E-state index is -0.353. The molecule has 4 nitrogen and oxygen atoms in total. The summed E-state index contributed by atoms with van der Waals surface area (Å²) in [5.74, 6) is 0.0908. The van der Waals surface area contributed by atoms with E-state index in [2.05, 4.69) is 0 Å². The molecule has 0 radical (unpaired) electrons. The van der Waals surface area contributed by atoms with E-state index in [0.717, 1.165) is 11.3 Å². The second kappa shape index (κ2) is 5.36. The molecule has 4 N–H and O–H groups in total. The van der Waals surface area contributed by atoms with Crippen molar-refractivity contribution in [1.82, 2.24) is 0 Å². The van der Waals surface area contributed by atoms with Crippen LogP contribution in [-0.4, -0.2) is 12.5 Å². The van der Waals surface area contributed by atoms with E-state index in [0.29, 0.717) is 13.2 Å². The lowest BCUT2D eigenvalue weighted by Gasteiger charge is -2.10. The molecule has 0 aromatic heterocycles. The topological polar surface area (TPSA) is 78.3 Å². The van der Waals surface area contributed by atoms with Crippen LogP contribution in [0, 0.1) is 5.92 Å². The first-order chi connectivity index (χ1) is 7.13. The number of primary amides is 1. The first kappa shape index (κ1) is 11.5. The Labute approximate surface area is 89.2 Å². The molecule has 1 aromatic rings. The van der Waals surface area contributed by atoms with Gasteiger partial charge < -0.3 is 16.2 Å². The molecule has 0 fully saturated rings. The summed E-state index contributed by atoms with van der Waals surface area (Å²) in [5.41, 5.74) is 11.6. The molecule has 1 aromatic carbocycles. The number of nitrogens with two attached hydrogens (primary N) is 2. The fourth-order valence-electron chi connectivity index (χ4n) is 1.03. The summed E-state index contributed by atoms with van der Waals surface area (Å²) in [5, 5.41) is 0. The number of carbonyl (C=O) groups excluding carboxylic acids is 1. The summed E-state index contributed by atoms with van der Waals surface area (Å²) in [6.45, 7) is 2.55. The molecule has 15 heavy (non-hydrogen) atoms. The molecule has 0 saturated carbocycles. The minimum Gasteiger partial charge on any atom is -0.493 e. The first-order valence-electron chi connectivity index (χ1n) is 4.84. The van der Waals surface area contributed by atoms with E-state index in [1.165, 1.54) is 0 Å². The molecule has 0 spiro atoms. The van der Waals surface area contributed by atoms with Gasteiger partial charge in [-0.25, -0.2) is 0 Å². The number of ether oxygens (including phenoxy) is 1. The van der Waals surface area contributed by atoms with Crippen LogP contribution in [-0.2, 0) is 11.3 Å². The van der Waals surface area contributed by atoms with Gasteiger partial charge in [-0.15, -0.1) is 0 Å². The SMILES string of the molecule is CC(COc1ccc(CN)cc1)C(N)=O. The smallest absolute Gasteiger partial charge is 0.223 e. The third-order valence-corrected chi connectivity index (χ3v) is 2.14. The van der Waals surface area contributed by atoms with Crippen molar-refractivity contribution in [3.8, 4) is 5.75 Å². The quantitative estimate of drug-likeness (QED) is 0.745. The van der Waals surface area contributed by atoms with Gasteiger partial charge in [-0.2, -0.15) is 0 Å². The summed E-state index contributed by atoms with van der Waals surface area (Å²) in [4.78, 5) is 10.7. The van der Waals surface area contributed by atoms with Crippen LogP contribution in [0.4, 0.5) is 0 Å². The molecule has 0 aliphatic carbocycles. The second-order valence-electron chi connectivity index (χ2n) is 3.46. The second-order valence-corrected chi connectivity index (χ2v) is 3.46. The van der Waals surface area contributed by atoms with Crippen molar-refractivity contribution in [1.29, 1.82) is 0 Å². The molecule has 0 saturated heterocycles. The number of hydrogen-bond donors (Lipinski definition) is 2.